The van der Waals surface area contributed by atoms with Gasteiger partial charge in [-0.3, -0.25) is 0 Å². The molecule has 0 amide bonds. The van der Waals surface area contributed by atoms with Gasteiger partial charge >= 0.3 is 0 Å². The molecule has 21 heavy (non-hydrogen) atoms. The van der Waals surface area contributed by atoms with Crippen molar-refractivity contribution in [3.8, 4) is 0 Å². The Hall–Kier alpha value is -1.21. The van der Waals surface area contributed by atoms with Crippen LogP contribution in [0.1, 0.15) is 24.8 Å². The van der Waals surface area contributed by atoms with E-state index in [2.05, 4.69) is 14.9 Å². The number of sulfonamides is 1. The van der Waals surface area contributed by atoms with Crippen LogP contribution >= 0.6 is 0 Å². The SMILES string of the molecule is Cc1cnc(N2CCC3(C2)CN(S(=O)(=O)C2CC2)C3)nc1. The van der Waals surface area contributed by atoms with E-state index in [0.717, 1.165) is 43.9 Å². The highest BCUT2D eigenvalue weighted by atomic mass is 32.2. The number of aromatic nitrogens is 2. The summed E-state index contributed by atoms with van der Waals surface area (Å²) in [5.74, 6) is 0.765. The van der Waals surface area contributed by atoms with E-state index in [1.165, 1.54) is 0 Å². The summed E-state index contributed by atoms with van der Waals surface area (Å²) in [6.07, 6.45) is 6.38. The molecule has 6 nitrogen and oxygen atoms in total. The van der Waals surface area contributed by atoms with Gasteiger partial charge in [0.1, 0.15) is 0 Å². The Balaban J connectivity index is 1.42. The third-order valence-electron chi connectivity index (χ3n) is 4.82. The van der Waals surface area contributed by atoms with Crippen molar-refractivity contribution >= 4 is 16.0 Å². The zero-order valence-corrected chi connectivity index (χ0v) is 13.0. The normalized spacial score (nSPS) is 25.3. The zero-order valence-electron chi connectivity index (χ0n) is 12.2. The lowest BCUT2D eigenvalue weighted by Crippen LogP contribution is -2.60. The summed E-state index contributed by atoms with van der Waals surface area (Å²) in [6, 6.07) is 0. The van der Waals surface area contributed by atoms with Crippen molar-refractivity contribution in [2.75, 3.05) is 31.1 Å². The highest BCUT2D eigenvalue weighted by molar-refractivity contribution is 7.90. The van der Waals surface area contributed by atoms with Gasteiger partial charge in [0.15, 0.2) is 0 Å². The van der Waals surface area contributed by atoms with E-state index in [4.69, 9.17) is 0 Å². The molecule has 1 aliphatic carbocycles. The summed E-state index contributed by atoms with van der Waals surface area (Å²) in [6.45, 7) is 5.11. The molecule has 2 saturated heterocycles. The van der Waals surface area contributed by atoms with Gasteiger partial charge in [0.05, 0.1) is 5.25 Å². The second-order valence-corrected chi connectivity index (χ2v) is 8.96. The van der Waals surface area contributed by atoms with Crippen molar-refractivity contribution in [1.82, 2.24) is 14.3 Å². The molecule has 0 radical (unpaired) electrons. The molecular formula is C14H20N4O2S. The van der Waals surface area contributed by atoms with E-state index < -0.39 is 10.0 Å². The lowest BCUT2D eigenvalue weighted by atomic mass is 9.81. The van der Waals surface area contributed by atoms with Crippen LogP contribution in [0.4, 0.5) is 5.95 Å². The first kappa shape index (κ1) is 13.5. The molecule has 4 rings (SSSR count). The summed E-state index contributed by atoms with van der Waals surface area (Å²) < 4.78 is 26.1. The first-order chi connectivity index (χ1) is 9.98. The highest BCUT2D eigenvalue weighted by Crippen LogP contribution is 2.44. The molecule has 0 N–H and O–H groups in total. The van der Waals surface area contributed by atoms with Crippen molar-refractivity contribution in [3.63, 3.8) is 0 Å². The molecule has 1 saturated carbocycles. The molecule has 1 aromatic rings. The fourth-order valence-electron chi connectivity index (χ4n) is 3.37. The van der Waals surface area contributed by atoms with Gasteiger partial charge in [-0.25, -0.2) is 22.7 Å². The van der Waals surface area contributed by atoms with Gasteiger partial charge in [0.25, 0.3) is 0 Å². The minimum absolute atomic E-state index is 0.0900. The van der Waals surface area contributed by atoms with Crippen molar-refractivity contribution in [3.05, 3.63) is 18.0 Å². The smallest absolute Gasteiger partial charge is 0.225 e. The number of nitrogens with zero attached hydrogens (tertiary/aromatic N) is 4. The summed E-state index contributed by atoms with van der Waals surface area (Å²) in [4.78, 5) is 10.9. The van der Waals surface area contributed by atoms with Crippen LogP contribution in [0.5, 0.6) is 0 Å². The molecule has 0 aromatic carbocycles. The van der Waals surface area contributed by atoms with Gasteiger partial charge in [-0.1, -0.05) is 0 Å². The van der Waals surface area contributed by atoms with E-state index >= 15 is 0 Å². The standard InChI is InChI=1S/C14H20N4O2S/c1-11-6-15-13(16-7-11)17-5-4-14(8-17)9-18(10-14)21(19,20)12-2-3-12/h6-7,12H,2-5,8-10H2,1H3. The molecule has 7 heteroatoms. The van der Waals surface area contributed by atoms with E-state index in [1.807, 2.05) is 19.3 Å². The fourth-order valence-corrected chi connectivity index (χ4v) is 5.43. The first-order valence-electron chi connectivity index (χ1n) is 7.51. The Labute approximate surface area is 125 Å². The molecule has 114 valence electrons. The lowest BCUT2D eigenvalue weighted by molar-refractivity contribution is 0.0933. The predicted octanol–water partition coefficient (Wildman–Crippen LogP) is 0.789. The van der Waals surface area contributed by atoms with Gasteiger partial charge in [-0.2, -0.15) is 0 Å². The van der Waals surface area contributed by atoms with Gasteiger partial charge in [-0.15, -0.1) is 0 Å². The maximum absolute atomic E-state index is 12.2. The maximum atomic E-state index is 12.2. The van der Waals surface area contributed by atoms with E-state index in [9.17, 15) is 8.42 Å². The Morgan fingerprint density at radius 1 is 1.19 bits per heavy atom. The number of anilines is 1. The Bertz CT molecular complexity index is 648. The highest BCUT2D eigenvalue weighted by Gasteiger charge is 2.54. The molecule has 1 spiro atoms. The van der Waals surface area contributed by atoms with Crippen LogP contribution in [0.25, 0.3) is 0 Å². The quantitative estimate of drug-likeness (QED) is 0.826. The van der Waals surface area contributed by atoms with Crippen molar-refractivity contribution in [2.24, 2.45) is 5.41 Å². The molecule has 0 unspecified atom stereocenters. The second-order valence-electron chi connectivity index (χ2n) is 6.74. The molecular weight excluding hydrogens is 288 g/mol. The Morgan fingerprint density at radius 3 is 2.48 bits per heavy atom. The summed E-state index contributed by atoms with van der Waals surface area (Å²) in [7, 11) is -3.00. The van der Waals surface area contributed by atoms with Crippen molar-refractivity contribution < 1.29 is 8.42 Å². The largest absolute Gasteiger partial charge is 0.340 e. The topological polar surface area (TPSA) is 66.4 Å². The number of hydrogen-bond donors (Lipinski definition) is 0. The Morgan fingerprint density at radius 2 is 1.86 bits per heavy atom. The van der Waals surface area contributed by atoms with E-state index in [-0.39, 0.29) is 10.7 Å². The molecule has 2 aliphatic heterocycles. The minimum Gasteiger partial charge on any atom is -0.340 e. The number of rotatable bonds is 3. The van der Waals surface area contributed by atoms with E-state index in [1.54, 1.807) is 4.31 Å². The molecule has 3 heterocycles. The van der Waals surface area contributed by atoms with Crippen LogP contribution in [0.15, 0.2) is 12.4 Å². The van der Waals surface area contributed by atoms with Crippen LogP contribution in [0, 0.1) is 12.3 Å². The minimum atomic E-state index is -3.00. The summed E-state index contributed by atoms with van der Waals surface area (Å²) in [5, 5.41) is -0.0900. The molecule has 0 bridgehead atoms. The summed E-state index contributed by atoms with van der Waals surface area (Å²) >= 11 is 0. The molecule has 3 fully saturated rings. The molecule has 3 aliphatic rings. The van der Waals surface area contributed by atoms with Crippen LogP contribution in [0.3, 0.4) is 0 Å². The van der Waals surface area contributed by atoms with Crippen LogP contribution in [-0.2, 0) is 10.0 Å². The van der Waals surface area contributed by atoms with Crippen LogP contribution in [-0.4, -0.2) is 54.1 Å². The fraction of sp³-hybridized carbons (Fsp3) is 0.714. The third kappa shape index (κ3) is 2.23. The van der Waals surface area contributed by atoms with Crippen LogP contribution < -0.4 is 4.90 Å². The molecule has 0 atom stereocenters. The van der Waals surface area contributed by atoms with Crippen molar-refractivity contribution in [2.45, 2.75) is 31.4 Å². The average molecular weight is 308 g/mol. The molecule has 1 aromatic heterocycles. The number of aryl methyl sites for hydroxylation is 1. The lowest BCUT2D eigenvalue weighted by Gasteiger charge is -2.46. The van der Waals surface area contributed by atoms with E-state index in [0.29, 0.717) is 13.1 Å². The van der Waals surface area contributed by atoms with Gasteiger partial charge in [0.2, 0.25) is 16.0 Å². The predicted molar refractivity (Wildman–Crippen MR) is 79.5 cm³/mol. The third-order valence-corrected chi connectivity index (χ3v) is 7.11. The van der Waals surface area contributed by atoms with Gasteiger partial charge in [-0.05, 0) is 31.7 Å². The van der Waals surface area contributed by atoms with Crippen LogP contribution in [0.2, 0.25) is 0 Å². The Kier molecular flexibility index (Phi) is 2.81. The van der Waals surface area contributed by atoms with Gasteiger partial charge in [0, 0.05) is 44.0 Å². The first-order valence-corrected chi connectivity index (χ1v) is 9.02. The maximum Gasteiger partial charge on any atom is 0.225 e. The average Bonchev–Trinajstić information content (AvgIpc) is 3.18. The monoisotopic (exact) mass is 308 g/mol. The van der Waals surface area contributed by atoms with Gasteiger partial charge < -0.3 is 4.90 Å². The zero-order chi connectivity index (χ0) is 14.7. The summed E-state index contributed by atoms with van der Waals surface area (Å²) in [5.41, 5.74) is 1.17. The second kappa shape index (κ2) is 4.39. The van der Waals surface area contributed by atoms with Crippen molar-refractivity contribution in [1.29, 1.82) is 0 Å². The number of hydrogen-bond acceptors (Lipinski definition) is 5.